The summed E-state index contributed by atoms with van der Waals surface area (Å²) in [6, 6.07) is 12.3. The largest absolute Gasteiger partial charge is 0.374 e. The molecule has 7 rings (SSSR count). The predicted molar refractivity (Wildman–Crippen MR) is 203 cm³/mol. The zero-order valence-electron chi connectivity index (χ0n) is 30.8. The Morgan fingerprint density at radius 1 is 0.959 bits per heavy atom. The Labute approximate surface area is 295 Å². The lowest BCUT2D eigenvalue weighted by Crippen LogP contribution is -2.54. The highest BCUT2D eigenvalue weighted by Crippen LogP contribution is 2.53. The van der Waals surface area contributed by atoms with Crippen molar-refractivity contribution in [3.8, 4) is 0 Å². The van der Waals surface area contributed by atoms with Crippen LogP contribution in [0.2, 0.25) is 0 Å². The summed E-state index contributed by atoms with van der Waals surface area (Å²) in [6.45, 7) is 14.3. The molecule has 0 unspecified atom stereocenters. The summed E-state index contributed by atoms with van der Waals surface area (Å²) in [7, 11) is 2.09. The van der Waals surface area contributed by atoms with E-state index in [9.17, 15) is 4.21 Å². The number of aromatic nitrogens is 3. The number of nitrogens with zero attached hydrogens (tertiary/aromatic N) is 7. The van der Waals surface area contributed by atoms with E-state index in [-0.39, 0.29) is 18.5 Å². The standard InChI is InChI=1S/C31H41N7O2S.C7H15N.H2/c1-30(2)17-27-31(3,20-40-30)25-19-33-29(34-23-10-11-26(32-18-23)21-12-14-37(4)15-13-21)35-28(25)38(27)24-9-7-8-22(16-24)36-41(5,6)39;1-7-3-5-8(2)6-4-7;/h7-11,16,18-19,21,27H,12-15,17,20H2,1-6H3,(H,33,34,35);7H,3-6H2,1-2H3;1H/t27-,31-;;/m1../s1. The van der Waals surface area contributed by atoms with Crippen molar-refractivity contribution in [2.24, 2.45) is 10.3 Å². The Kier molecular flexibility index (Phi) is 10.4. The molecule has 4 aliphatic rings. The van der Waals surface area contributed by atoms with Gasteiger partial charge in [-0.1, -0.05) is 19.9 Å². The van der Waals surface area contributed by atoms with Crippen molar-refractivity contribution in [1.29, 1.82) is 0 Å². The average molecular weight is 691 g/mol. The van der Waals surface area contributed by atoms with Gasteiger partial charge in [0.05, 0.1) is 35.8 Å². The van der Waals surface area contributed by atoms with Gasteiger partial charge in [0.25, 0.3) is 0 Å². The Hall–Kier alpha value is -3.12. The van der Waals surface area contributed by atoms with Gasteiger partial charge in [0, 0.05) is 58.1 Å². The number of piperidine rings is 2. The number of nitrogens with one attached hydrogen (secondary N) is 1. The Morgan fingerprint density at radius 2 is 1.65 bits per heavy atom. The number of hydrogen-bond donors (Lipinski definition) is 1. The molecule has 2 atom stereocenters. The second-order valence-electron chi connectivity index (χ2n) is 15.9. The smallest absolute Gasteiger partial charge is 0.229 e. The van der Waals surface area contributed by atoms with Crippen LogP contribution in [0, 0.1) is 5.92 Å². The van der Waals surface area contributed by atoms with E-state index in [0.717, 1.165) is 66.7 Å². The first kappa shape index (κ1) is 35.7. The maximum Gasteiger partial charge on any atom is 0.229 e. The quantitative estimate of drug-likeness (QED) is 0.295. The third-order valence-corrected chi connectivity index (χ3v) is 11.4. The van der Waals surface area contributed by atoms with Crippen LogP contribution in [0.3, 0.4) is 0 Å². The maximum atomic E-state index is 12.5. The average Bonchev–Trinajstić information content (AvgIpc) is 3.29. The van der Waals surface area contributed by atoms with Crippen LogP contribution in [0.1, 0.15) is 78.4 Å². The van der Waals surface area contributed by atoms with E-state index in [1.165, 1.54) is 25.9 Å². The Balaban J connectivity index is 0.000000477. The SMILES string of the molecule is CC1CCN(C)CC1.CN1CCC(c2ccc(Nc3ncc4c(n3)N(c3cccc(N=S(C)(C)=O)c3)[C@@H]3CC(C)(C)OC[C@]43C)cn2)CC1.[HH]. The molecule has 3 aromatic rings. The summed E-state index contributed by atoms with van der Waals surface area (Å²) in [4.78, 5) is 21.7. The van der Waals surface area contributed by atoms with E-state index in [4.69, 9.17) is 19.7 Å². The van der Waals surface area contributed by atoms with Gasteiger partial charge in [-0.3, -0.25) is 4.98 Å². The van der Waals surface area contributed by atoms with Crippen molar-refractivity contribution in [2.45, 2.75) is 82.8 Å². The molecule has 0 aliphatic carbocycles. The molecule has 0 bridgehead atoms. The number of pyridine rings is 1. The molecule has 3 saturated heterocycles. The summed E-state index contributed by atoms with van der Waals surface area (Å²) in [5.41, 5.74) is 4.19. The molecule has 1 aromatic carbocycles. The second-order valence-corrected chi connectivity index (χ2v) is 18.5. The van der Waals surface area contributed by atoms with Crippen molar-refractivity contribution in [3.63, 3.8) is 0 Å². The number of ether oxygens (including phenoxy) is 1. The predicted octanol–water partition coefficient (Wildman–Crippen LogP) is 7.35. The molecule has 10 nitrogen and oxygen atoms in total. The molecule has 6 heterocycles. The fourth-order valence-electron chi connectivity index (χ4n) is 7.54. The second kappa shape index (κ2) is 14.2. The number of fused-ring (bicyclic) bond motifs is 3. The van der Waals surface area contributed by atoms with Crippen LogP contribution in [0.5, 0.6) is 0 Å². The molecular weight excluding hydrogens is 633 g/mol. The highest BCUT2D eigenvalue weighted by molar-refractivity contribution is 7.92. The summed E-state index contributed by atoms with van der Waals surface area (Å²) >= 11 is 0. The Morgan fingerprint density at radius 3 is 2.29 bits per heavy atom. The number of rotatable bonds is 5. The van der Waals surface area contributed by atoms with Gasteiger partial charge in [-0.25, -0.2) is 9.19 Å². The van der Waals surface area contributed by atoms with Gasteiger partial charge < -0.3 is 24.8 Å². The molecule has 268 valence electrons. The monoisotopic (exact) mass is 690 g/mol. The van der Waals surface area contributed by atoms with E-state index in [0.29, 0.717) is 24.2 Å². The molecule has 3 fully saturated rings. The van der Waals surface area contributed by atoms with Crippen LogP contribution in [0.25, 0.3) is 0 Å². The number of benzene rings is 1. The fraction of sp³-hybridized carbons (Fsp3) is 0.605. The normalized spacial score (nSPS) is 24.8. The summed E-state index contributed by atoms with van der Waals surface area (Å²) in [5.74, 6) is 2.87. The van der Waals surface area contributed by atoms with E-state index >= 15 is 0 Å². The molecule has 0 radical (unpaired) electrons. The van der Waals surface area contributed by atoms with Crippen LogP contribution in [0.4, 0.5) is 28.8 Å². The molecule has 0 saturated carbocycles. The summed E-state index contributed by atoms with van der Waals surface area (Å²) in [6.07, 6.45) is 13.0. The lowest BCUT2D eigenvalue weighted by Gasteiger charge is -2.46. The van der Waals surface area contributed by atoms with Crippen molar-refractivity contribution in [1.82, 2.24) is 24.8 Å². The van der Waals surface area contributed by atoms with Gasteiger partial charge in [0.1, 0.15) is 5.82 Å². The van der Waals surface area contributed by atoms with Crippen molar-refractivity contribution >= 4 is 38.6 Å². The Bertz CT molecular complexity index is 1710. The lowest BCUT2D eigenvalue weighted by atomic mass is 9.73. The first-order chi connectivity index (χ1) is 23.2. The zero-order valence-corrected chi connectivity index (χ0v) is 31.6. The van der Waals surface area contributed by atoms with Gasteiger partial charge in [-0.2, -0.15) is 9.35 Å². The van der Waals surface area contributed by atoms with Crippen molar-refractivity contribution in [2.75, 3.05) is 69.6 Å². The van der Waals surface area contributed by atoms with Gasteiger partial charge >= 0.3 is 0 Å². The van der Waals surface area contributed by atoms with Crippen molar-refractivity contribution in [3.05, 3.63) is 60.0 Å². The van der Waals surface area contributed by atoms with Crippen LogP contribution in [-0.2, 0) is 19.9 Å². The van der Waals surface area contributed by atoms with Gasteiger partial charge in [-0.15, -0.1) is 0 Å². The highest BCUT2D eigenvalue weighted by atomic mass is 32.2. The zero-order chi connectivity index (χ0) is 35.0. The lowest BCUT2D eigenvalue weighted by molar-refractivity contribution is -0.0892. The molecule has 0 amide bonds. The first-order valence-corrected chi connectivity index (χ1v) is 20.2. The maximum absolute atomic E-state index is 12.5. The number of likely N-dealkylation sites (tertiary alicyclic amines) is 2. The summed E-state index contributed by atoms with van der Waals surface area (Å²) < 4.78 is 23.3. The minimum atomic E-state index is -2.29. The molecule has 0 spiro atoms. The molecule has 2 aromatic heterocycles. The molecule has 4 aliphatic heterocycles. The van der Waals surface area contributed by atoms with Crippen LogP contribution < -0.4 is 10.2 Å². The minimum absolute atomic E-state index is 0. The minimum Gasteiger partial charge on any atom is -0.374 e. The van der Waals surface area contributed by atoms with Crippen LogP contribution in [-0.4, -0.2) is 100.0 Å². The van der Waals surface area contributed by atoms with Crippen LogP contribution in [0.15, 0.2) is 53.2 Å². The molecule has 49 heavy (non-hydrogen) atoms. The highest BCUT2D eigenvalue weighted by Gasteiger charge is 2.55. The van der Waals surface area contributed by atoms with Gasteiger partial charge in [0.2, 0.25) is 5.95 Å². The molecule has 1 N–H and O–H groups in total. The third kappa shape index (κ3) is 8.44. The van der Waals surface area contributed by atoms with E-state index in [2.05, 4.69) is 84.4 Å². The van der Waals surface area contributed by atoms with E-state index < -0.39 is 9.73 Å². The number of hydrogen-bond acceptors (Lipinski definition) is 10. The molecular formula is C38H58N8O2S. The topological polar surface area (TPSA) is 99.1 Å². The number of anilines is 4. The first-order valence-electron chi connectivity index (χ1n) is 17.9. The summed E-state index contributed by atoms with van der Waals surface area (Å²) in [5, 5.41) is 3.39. The van der Waals surface area contributed by atoms with E-state index in [1.807, 2.05) is 30.6 Å². The fourth-order valence-corrected chi connectivity index (χ4v) is 8.16. The third-order valence-electron chi connectivity index (χ3n) is 10.7. The van der Waals surface area contributed by atoms with Gasteiger partial charge in [0.15, 0.2) is 0 Å². The van der Waals surface area contributed by atoms with Crippen LogP contribution >= 0.6 is 0 Å². The molecule has 11 heteroatoms. The van der Waals surface area contributed by atoms with Crippen molar-refractivity contribution < 1.29 is 10.4 Å². The van der Waals surface area contributed by atoms with E-state index in [1.54, 1.807) is 12.5 Å². The van der Waals surface area contributed by atoms with Gasteiger partial charge in [-0.05, 0) is 122 Å².